The van der Waals surface area contributed by atoms with Crippen molar-refractivity contribution in [2.45, 2.75) is 11.6 Å². The molecular weight excluding hydrogens is 405 g/mol. The fourth-order valence-electron chi connectivity index (χ4n) is 2.64. The van der Waals surface area contributed by atoms with Crippen LogP contribution in [0.4, 0.5) is 9.18 Å². The molecular formula is C21H20FN5O2S. The van der Waals surface area contributed by atoms with Crippen molar-refractivity contribution in [2.75, 3.05) is 12.3 Å². The number of halogens is 1. The lowest BCUT2D eigenvalue weighted by molar-refractivity contribution is -0.117. The number of benzene rings is 2. The van der Waals surface area contributed by atoms with E-state index in [0.29, 0.717) is 23.1 Å². The molecule has 0 bridgehead atoms. The van der Waals surface area contributed by atoms with Gasteiger partial charge in [0.25, 0.3) is 0 Å². The molecule has 3 aromatic rings. The van der Waals surface area contributed by atoms with Crippen molar-refractivity contribution in [1.29, 1.82) is 0 Å². The largest absolute Gasteiger partial charge is 0.334 e. The summed E-state index contributed by atoms with van der Waals surface area (Å²) >= 11 is 1.13. The van der Waals surface area contributed by atoms with E-state index in [-0.39, 0.29) is 18.1 Å². The van der Waals surface area contributed by atoms with E-state index in [1.165, 1.54) is 18.2 Å². The van der Waals surface area contributed by atoms with Crippen LogP contribution in [-0.2, 0) is 11.2 Å². The van der Waals surface area contributed by atoms with Gasteiger partial charge in [-0.3, -0.25) is 14.7 Å². The van der Waals surface area contributed by atoms with E-state index in [0.717, 1.165) is 17.3 Å². The highest BCUT2D eigenvalue weighted by Gasteiger charge is 2.17. The second-order valence-electron chi connectivity index (χ2n) is 6.21. The Morgan fingerprint density at radius 3 is 2.53 bits per heavy atom. The van der Waals surface area contributed by atoms with Gasteiger partial charge >= 0.3 is 6.03 Å². The molecule has 2 N–H and O–H groups in total. The van der Waals surface area contributed by atoms with Crippen LogP contribution in [0.3, 0.4) is 0 Å². The number of thioether (sulfide) groups is 1. The molecule has 0 atom stereocenters. The molecule has 0 aliphatic heterocycles. The van der Waals surface area contributed by atoms with Crippen molar-refractivity contribution in [3.05, 3.63) is 84.5 Å². The molecule has 1 heterocycles. The van der Waals surface area contributed by atoms with Gasteiger partial charge < -0.3 is 5.32 Å². The van der Waals surface area contributed by atoms with Gasteiger partial charge in [0.2, 0.25) is 5.91 Å². The van der Waals surface area contributed by atoms with Crippen LogP contribution >= 0.6 is 11.8 Å². The topological polar surface area (TPSA) is 88.9 Å². The predicted octanol–water partition coefficient (Wildman–Crippen LogP) is 3.10. The fourth-order valence-corrected chi connectivity index (χ4v) is 3.41. The second-order valence-corrected chi connectivity index (χ2v) is 7.15. The van der Waals surface area contributed by atoms with Gasteiger partial charge in [-0.25, -0.2) is 9.18 Å². The zero-order valence-electron chi connectivity index (χ0n) is 16.0. The molecule has 0 saturated carbocycles. The molecule has 30 heavy (non-hydrogen) atoms. The molecule has 0 fully saturated rings. The summed E-state index contributed by atoms with van der Waals surface area (Å²) in [5, 5.41) is 13.6. The number of aromatic nitrogens is 3. The monoisotopic (exact) mass is 425 g/mol. The minimum absolute atomic E-state index is 0.0355. The summed E-state index contributed by atoms with van der Waals surface area (Å²) in [4.78, 5) is 23.6. The molecule has 1 aromatic heterocycles. The Labute approximate surface area is 177 Å². The first-order valence-corrected chi connectivity index (χ1v) is 10.1. The van der Waals surface area contributed by atoms with Crippen LogP contribution < -0.4 is 10.6 Å². The lowest BCUT2D eigenvalue weighted by Gasteiger charge is -2.10. The lowest BCUT2D eigenvalue weighted by atomic mass is 10.1. The average molecular weight is 425 g/mol. The van der Waals surface area contributed by atoms with Gasteiger partial charge in [-0.15, -0.1) is 16.8 Å². The minimum atomic E-state index is -0.592. The molecule has 0 radical (unpaired) electrons. The average Bonchev–Trinajstić information content (AvgIpc) is 3.14. The smallest absolute Gasteiger partial charge is 0.321 e. The first-order chi connectivity index (χ1) is 14.6. The van der Waals surface area contributed by atoms with Crippen molar-refractivity contribution < 1.29 is 14.0 Å². The van der Waals surface area contributed by atoms with Gasteiger partial charge in [0.1, 0.15) is 11.6 Å². The maximum atomic E-state index is 13.4. The van der Waals surface area contributed by atoms with E-state index in [4.69, 9.17) is 0 Å². The summed E-state index contributed by atoms with van der Waals surface area (Å²) in [6, 6.07) is 15.1. The number of carbonyl (C=O) groups is 2. The van der Waals surface area contributed by atoms with Gasteiger partial charge in [0.15, 0.2) is 5.16 Å². The Bertz CT molecular complexity index is 1020. The Balaban J connectivity index is 1.78. The van der Waals surface area contributed by atoms with Gasteiger partial charge in [-0.2, -0.15) is 0 Å². The van der Waals surface area contributed by atoms with E-state index in [9.17, 15) is 14.0 Å². The number of urea groups is 1. The quantitative estimate of drug-likeness (QED) is 0.428. The number of rotatable bonds is 8. The maximum absolute atomic E-state index is 13.4. The second kappa shape index (κ2) is 10.4. The molecule has 0 aliphatic rings. The van der Waals surface area contributed by atoms with Crippen LogP contribution in [0.1, 0.15) is 11.4 Å². The third-order valence-corrected chi connectivity index (χ3v) is 4.91. The molecule has 154 valence electrons. The van der Waals surface area contributed by atoms with Gasteiger partial charge in [-0.1, -0.05) is 48.2 Å². The number of imide groups is 1. The summed E-state index contributed by atoms with van der Waals surface area (Å²) < 4.78 is 15.2. The highest BCUT2D eigenvalue weighted by atomic mass is 32.2. The maximum Gasteiger partial charge on any atom is 0.321 e. The van der Waals surface area contributed by atoms with Crippen molar-refractivity contribution in [2.24, 2.45) is 0 Å². The SMILES string of the molecule is C=CCNC(=O)NC(=O)CSc1nnc(Cc2ccccc2)n1-c1ccc(F)cc1. The van der Waals surface area contributed by atoms with Crippen LogP contribution in [-0.4, -0.2) is 39.0 Å². The lowest BCUT2D eigenvalue weighted by Crippen LogP contribution is -2.40. The predicted molar refractivity (Wildman–Crippen MR) is 113 cm³/mol. The number of amides is 3. The Kier molecular flexibility index (Phi) is 7.34. The van der Waals surface area contributed by atoms with Gasteiger partial charge in [0.05, 0.1) is 5.75 Å². The minimum Gasteiger partial charge on any atom is -0.334 e. The van der Waals surface area contributed by atoms with Gasteiger partial charge in [-0.05, 0) is 29.8 Å². The summed E-state index contributed by atoms with van der Waals surface area (Å²) in [5.41, 5.74) is 1.72. The molecule has 0 saturated heterocycles. The number of hydrogen-bond acceptors (Lipinski definition) is 5. The van der Waals surface area contributed by atoms with E-state index >= 15 is 0 Å². The summed E-state index contributed by atoms with van der Waals surface area (Å²) in [6.45, 7) is 3.75. The Hall–Kier alpha value is -3.46. The third kappa shape index (κ3) is 5.77. The first-order valence-electron chi connectivity index (χ1n) is 9.12. The number of nitrogens with one attached hydrogen (secondary N) is 2. The van der Waals surface area contributed by atoms with E-state index in [2.05, 4.69) is 27.4 Å². The molecule has 2 aromatic carbocycles. The number of hydrogen-bond donors (Lipinski definition) is 2. The molecule has 0 unspecified atom stereocenters. The summed E-state index contributed by atoms with van der Waals surface area (Å²) in [7, 11) is 0. The molecule has 7 nitrogen and oxygen atoms in total. The van der Waals surface area contributed by atoms with E-state index < -0.39 is 11.9 Å². The highest BCUT2D eigenvalue weighted by Crippen LogP contribution is 2.23. The fraction of sp³-hybridized carbons (Fsp3) is 0.143. The van der Waals surface area contributed by atoms with E-state index in [1.807, 2.05) is 30.3 Å². The van der Waals surface area contributed by atoms with Gasteiger partial charge in [0, 0.05) is 18.7 Å². The zero-order chi connectivity index (χ0) is 21.3. The van der Waals surface area contributed by atoms with Crippen LogP contribution in [0.2, 0.25) is 0 Å². The number of carbonyl (C=O) groups excluding carboxylic acids is 2. The standard InChI is InChI=1S/C21H20FN5O2S/c1-2-12-23-20(29)24-19(28)14-30-21-26-25-18(13-15-6-4-3-5-7-15)27(21)17-10-8-16(22)9-11-17/h2-11H,1,12-14H2,(H2,23,24,28,29). The molecule has 0 aliphatic carbocycles. The van der Waals surface area contributed by atoms with Crippen molar-refractivity contribution in [3.8, 4) is 5.69 Å². The van der Waals surface area contributed by atoms with E-state index in [1.54, 1.807) is 16.7 Å². The Morgan fingerprint density at radius 1 is 1.10 bits per heavy atom. The summed E-state index contributed by atoms with van der Waals surface area (Å²) in [5.74, 6) is -0.207. The van der Waals surface area contributed by atoms with Crippen molar-refractivity contribution >= 4 is 23.7 Å². The zero-order valence-corrected chi connectivity index (χ0v) is 16.9. The molecule has 0 spiro atoms. The van der Waals surface area contributed by atoms with Crippen LogP contribution in [0, 0.1) is 5.82 Å². The normalized spacial score (nSPS) is 10.4. The van der Waals surface area contributed by atoms with Crippen LogP contribution in [0.15, 0.2) is 72.4 Å². The number of nitrogens with zero attached hydrogens (tertiary/aromatic N) is 3. The van der Waals surface area contributed by atoms with Crippen molar-refractivity contribution in [3.63, 3.8) is 0 Å². The van der Waals surface area contributed by atoms with Crippen LogP contribution in [0.5, 0.6) is 0 Å². The highest BCUT2D eigenvalue weighted by molar-refractivity contribution is 7.99. The van der Waals surface area contributed by atoms with Crippen LogP contribution in [0.25, 0.3) is 5.69 Å². The molecule has 3 rings (SSSR count). The molecule has 9 heteroatoms. The van der Waals surface area contributed by atoms with Crippen molar-refractivity contribution in [1.82, 2.24) is 25.4 Å². The first kappa shape index (κ1) is 21.3. The Morgan fingerprint density at radius 2 is 1.83 bits per heavy atom. The molecule has 3 amide bonds. The summed E-state index contributed by atoms with van der Waals surface area (Å²) in [6.07, 6.45) is 2.03. The third-order valence-electron chi connectivity index (χ3n) is 3.98.